The van der Waals surface area contributed by atoms with Gasteiger partial charge in [-0.05, 0) is 13.3 Å². The number of aliphatic carboxylic acids is 1. The Morgan fingerprint density at radius 2 is 2.26 bits per heavy atom. The second-order valence-electron chi connectivity index (χ2n) is 4.05. The first-order valence-electron chi connectivity index (χ1n) is 5.59. The van der Waals surface area contributed by atoms with Gasteiger partial charge in [-0.2, -0.15) is 0 Å². The zero-order chi connectivity index (χ0) is 14.0. The van der Waals surface area contributed by atoms with Gasteiger partial charge in [-0.15, -0.1) is 10.2 Å². The van der Waals surface area contributed by atoms with Gasteiger partial charge in [-0.25, -0.2) is 0 Å². The lowest BCUT2D eigenvalue weighted by Crippen LogP contribution is -2.42. The first-order valence-corrected chi connectivity index (χ1v) is 6.57. The highest BCUT2D eigenvalue weighted by Crippen LogP contribution is 2.26. The number of hydrogen-bond donors (Lipinski definition) is 2. The summed E-state index contributed by atoms with van der Waals surface area (Å²) in [5, 5.41) is 19.0. The summed E-state index contributed by atoms with van der Waals surface area (Å²) in [5.74, 6) is -1.32. The Balaban J connectivity index is 2.23. The van der Waals surface area contributed by atoms with Gasteiger partial charge in [-0.1, -0.05) is 11.8 Å². The minimum absolute atomic E-state index is 0.161. The molecule has 1 aliphatic rings. The Bertz CT molecular complexity index is 542. The molecule has 2 N–H and O–H groups in total. The maximum atomic E-state index is 11.8. The molecule has 19 heavy (non-hydrogen) atoms. The molecule has 1 saturated heterocycles. The van der Waals surface area contributed by atoms with E-state index in [0.29, 0.717) is 17.4 Å². The number of carboxylic acids is 1. The van der Waals surface area contributed by atoms with Gasteiger partial charge in [0.15, 0.2) is 5.16 Å². The Morgan fingerprint density at radius 1 is 1.53 bits per heavy atom. The minimum Gasteiger partial charge on any atom is -0.481 e. The average Bonchev–Trinajstić information content (AvgIpc) is 2.68. The van der Waals surface area contributed by atoms with Crippen LogP contribution >= 0.6 is 11.8 Å². The minimum atomic E-state index is -0.972. The fraction of sp³-hybridized carbons (Fsp3) is 0.500. The van der Waals surface area contributed by atoms with Crippen LogP contribution in [-0.4, -0.2) is 43.4 Å². The highest BCUT2D eigenvalue weighted by Gasteiger charge is 2.31. The zero-order valence-corrected chi connectivity index (χ0v) is 10.9. The molecule has 0 aliphatic carbocycles. The third kappa shape index (κ3) is 2.92. The summed E-state index contributed by atoms with van der Waals surface area (Å²) in [6.45, 7) is 1.68. The molecule has 8 nitrogen and oxygen atoms in total. The number of amides is 2. The molecule has 1 atom stereocenters. The molecule has 102 valence electrons. The Morgan fingerprint density at radius 3 is 2.89 bits per heavy atom. The third-order valence-electron chi connectivity index (χ3n) is 2.68. The normalized spacial score (nSPS) is 19.3. The van der Waals surface area contributed by atoms with Crippen LogP contribution in [0.2, 0.25) is 0 Å². The van der Waals surface area contributed by atoms with Gasteiger partial charge in [0.1, 0.15) is 11.9 Å². The van der Waals surface area contributed by atoms with Crippen molar-refractivity contribution in [2.75, 3.05) is 5.75 Å². The average molecular weight is 284 g/mol. The van der Waals surface area contributed by atoms with Gasteiger partial charge in [0.25, 0.3) is 0 Å². The summed E-state index contributed by atoms with van der Waals surface area (Å²) >= 11 is 0.997. The Hall–Kier alpha value is -1.90. The summed E-state index contributed by atoms with van der Waals surface area (Å²) in [4.78, 5) is 33.5. The lowest BCUT2D eigenvalue weighted by atomic mass is 10.1. The second-order valence-corrected chi connectivity index (χ2v) is 4.99. The first kappa shape index (κ1) is 13.5. The summed E-state index contributed by atoms with van der Waals surface area (Å²) in [6.07, 6.45) is 0.612. The van der Waals surface area contributed by atoms with Crippen molar-refractivity contribution < 1.29 is 19.5 Å². The maximum Gasteiger partial charge on any atom is 0.313 e. The van der Waals surface area contributed by atoms with Crippen LogP contribution in [-0.2, 0) is 14.4 Å². The number of carboxylic acid groups (broad SMARTS) is 1. The van der Waals surface area contributed by atoms with E-state index in [0.717, 1.165) is 11.8 Å². The molecule has 1 fully saturated rings. The van der Waals surface area contributed by atoms with Crippen LogP contribution in [0.15, 0.2) is 5.16 Å². The number of aromatic nitrogens is 3. The number of piperidine rings is 1. The standard InChI is InChI=1S/C10H12N4O4S/c1-5-12-13-10(19-4-8(16)17)14(5)6-2-3-7(15)11-9(6)18/h6H,2-4H2,1H3,(H,16,17)(H,11,15,18). The highest BCUT2D eigenvalue weighted by molar-refractivity contribution is 7.99. The summed E-state index contributed by atoms with van der Waals surface area (Å²) in [6, 6.07) is -0.566. The molecule has 1 aromatic rings. The number of thioether (sulfide) groups is 1. The van der Waals surface area contributed by atoms with Gasteiger partial charge in [0.2, 0.25) is 11.8 Å². The van der Waals surface area contributed by atoms with Crippen molar-refractivity contribution in [3.8, 4) is 0 Å². The third-order valence-corrected chi connectivity index (χ3v) is 3.61. The molecule has 0 saturated carbocycles. The number of imide groups is 1. The summed E-state index contributed by atoms with van der Waals surface area (Å²) < 4.78 is 1.58. The van der Waals surface area contributed by atoms with Crippen molar-refractivity contribution in [2.24, 2.45) is 0 Å². The molecule has 1 aliphatic heterocycles. The molecule has 0 radical (unpaired) electrons. The van der Waals surface area contributed by atoms with E-state index >= 15 is 0 Å². The maximum absolute atomic E-state index is 11.8. The lowest BCUT2D eigenvalue weighted by Gasteiger charge is -2.23. The van der Waals surface area contributed by atoms with E-state index in [4.69, 9.17) is 5.11 Å². The summed E-state index contributed by atoms with van der Waals surface area (Å²) in [5.41, 5.74) is 0. The van der Waals surface area contributed by atoms with Crippen LogP contribution in [0.3, 0.4) is 0 Å². The van der Waals surface area contributed by atoms with Crippen molar-refractivity contribution in [1.29, 1.82) is 0 Å². The van der Waals surface area contributed by atoms with E-state index in [9.17, 15) is 14.4 Å². The molecule has 1 unspecified atom stereocenters. The van der Waals surface area contributed by atoms with Gasteiger partial charge in [0, 0.05) is 6.42 Å². The second kappa shape index (κ2) is 5.39. The van der Waals surface area contributed by atoms with Gasteiger partial charge < -0.3 is 5.11 Å². The molecule has 2 heterocycles. The summed E-state index contributed by atoms with van der Waals surface area (Å²) in [7, 11) is 0. The van der Waals surface area contributed by atoms with E-state index < -0.39 is 17.9 Å². The van der Waals surface area contributed by atoms with E-state index in [1.807, 2.05) is 0 Å². The molecule has 9 heteroatoms. The zero-order valence-electron chi connectivity index (χ0n) is 10.1. The lowest BCUT2D eigenvalue weighted by molar-refractivity contribution is -0.136. The molecule has 2 rings (SSSR count). The van der Waals surface area contributed by atoms with Crippen LogP contribution in [0, 0.1) is 6.92 Å². The molecule has 1 aromatic heterocycles. The fourth-order valence-electron chi connectivity index (χ4n) is 1.86. The number of aryl methyl sites for hydroxylation is 1. The molecule has 0 spiro atoms. The van der Waals surface area contributed by atoms with E-state index in [1.165, 1.54) is 0 Å². The number of nitrogens with zero attached hydrogens (tertiary/aromatic N) is 3. The highest BCUT2D eigenvalue weighted by atomic mass is 32.2. The first-order chi connectivity index (χ1) is 8.99. The largest absolute Gasteiger partial charge is 0.481 e. The molecular weight excluding hydrogens is 272 g/mol. The van der Waals surface area contributed by atoms with Crippen molar-refractivity contribution in [2.45, 2.75) is 31.0 Å². The van der Waals surface area contributed by atoms with E-state index in [-0.39, 0.29) is 18.1 Å². The number of hydrogen-bond acceptors (Lipinski definition) is 6. The van der Waals surface area contributed by atoms with Gasteiger partial charge in [0.05, 0.1) is 5.75 Å². The van der Waals surface area contributed by atoms with Crippen molar-refractivity contribution in [3.63, 3.8) is 0 Å². The number of rotatable bonds is 4. The van der Waals surface area contributed by atoms with E-state index in [1.54, 1.807) is 11.5 Å². The molecule has 0 bridgehead atoms. The van der Waals surface area contributed by atoms with Gasteiger partial charge in [-0.3, -0.25) is 24.3 Å². The van der Waals surface area contributed by atoms with Crippen molar-refractivity contribution in [3.05, 3.63) is 5.82 Å². The Kier molecular flexibility index (Phi) is 3.84. The fourth-order valence-corrected chi connectivity index (χ4v) is 2.61. The van der Waals surface area contributed by atoms with Crippen LogP contribution in [0.25, 0.3) is 0 Å². The van der Waals surface area contributed by atoms with Crippen LogP contribution in [0.1, 0.15) is 24.7 Å². The molecule has 2 amide bonds. The quantitative estimate of drug-likeness (QED) is 0.578. The topological polar surface area (TPSA) is 114 Å². The smallest absolute Gasteiger partial charge is 0.313 e. The molecular formula is C10H12N4O4S. The van der Waals surface area contributed by atoms with Crippen molar-refractivity contribution in [1.82, 2.24) is 20.1 Å². The number of nitrogens with one attached hydrogen (secondary N) is 1. The van der Waals surface area contributed by atoms with Crippen LogP contribution in [0.4, 0.5) is 0 Å². The van der Waals surface area contributed by atoms with Crippen molar-refractivity contribution >= 4 is 29.5 Å². The van der Waals surface area contributed by atoms with Crippen LogP contribution < -0.4 is 5.32 Å². The van der Waals surface area contributed by atoms with Gasteiger partial charge >= 0.3 is 5.97 Å². The number of carbonyl (C=O) groups is 3. The molecule has 0 aromatic carbocycles. The predicted octanol–water partition coefficient (Wildman–Crippen LogP) is -0.259. The predicted molar refractivity (Wildman–Crippen MR) is 64.5 cm³/mol. The van der Waals surface area contributed by atoms with Crippen LogP contribution in [0.5, 0.6) is 0 Å². The monoisotopic (exact) mass is 284 g/mol. The SMILES string of the molecule is Cc1nnc(SCC(=O)O)n1C1CCC(=O)NC1=O. The van der Waals surface area contributed by atoms with E-state index in [2.05, 4.69) is 15.5 Å². The Labute approximate surface area is 112 Å². The number of carbonyl (C=O) groups excluding carboxylic acids is 2.